The monoisotopic (exact) mass is 402 g/mol. The van der Waals surface area contributed by atoms with Crippen LogP contribution in [0.1, 0.15) is 55.1 Å². The van der Waals surface area contributed by atoms with Gasteiger partial charge in [0.15, 0.2) is 11.8 Å². The summed E-state index contributed by atoms with van der Waals surface area (Å²) in [4.78, 5) is 12.1. The first-order valence-electron chi connectivity index (χ1n) is 10.0. The van der Waals surface area contributed by atoms with E-state index < -0.39 is 0 Å². The minimum atomic E-state index is -0.0945. The Morgan fingerprint density at radius 3 is 2.82 bits per heavy atom. The maximum absolute atomic E-state index is 12.1. The van der Waals surface area contributed by atoms with Crippen LogP contribution in [-0.2, 0) is 11.2 Å². The van der Waals surface area contributed by atoms with Crippen LogP contribution < -0.4 is 10.1 Å². The predicted octanol–water partition coefficient (Wildman–Crippen LogP) is 3.86. The molecule has 0 saturated heterocycles. The topological polar surface area (TPSA) is 69.0 Å². The minimum absolute atomic E-state index is 0.0408. The molecule has 1 aliphatic carbocycles. The molecule has 0 atom stereocenters. The molecule has 6 nitrogen and oxygen atoms in total. The van der Waals surface area contributed by atoms with Crippen molar-refractivity contribution in [3.05, 3.63) is 35.2 Å². The second kappa shape index (κ2) is 9.96. The van der Waals surface area contributed by atoms with Gasteiger partial charge in [-0.1, -0.05) is 36.7 Å². The van der Waals surface area contributed by atoms with Gasteiger partial charge in [-0.25, -0.2) is 0 Å². The van der Waals surface area contributed by atoms with E-state index in [2.05, 4.69) is 26.3 Å². The van der Waals surface area contributed by atoms with Gasteiger partial charge in [0.25, 0.3) is 5.91 Å². The Kier molecular flexibility index (Phi) is 7.36. The lowest BCUT2D eigenvalue weighted by Crippen LogP contribution is -2.30. The van der Waals surface area contributed by atoms with Gasteiger partial charge in [0.1, 0.15) is 11.6 Å². The van der Waals surface area contributed by atoms with Gasteiger partial charge in [-0.05, 0) is 56.6 Å². The van der Waals surface area contributed by atoms with Gasteiger partial charge in [-0.15, -0.1) is 10.2 Å². The molecule has 0 aliphatic heterocycles. The van der Waals surface area contributed by atoms with E-state index in [4.69, 9.17) is 4.74 Å². The van der Waals surface area contributed by atoms with Crippen molar-refractivity contribution < 1.29 is 9.53 Å². The summed E-state index contributed by atoms with van der Waals surface area (Å²) in [5.41, 5.74) is 2.16. The SMILES string of the molecule is CSc1nnc(CCCNC(=O)COc2cc(C)ccc2C)n1C1CCCC1. The van der Waals surface area contributed by atoms with Gasteiger partial charge < -0.3 is 14.6 Å². The highest BCUT2D eigenvalue weighted by atomic mass is 32.2. The molecule has 1 N–H and O–H groups in total. The third-order valence-corrected chi connectivity index (χ3v) is 5.85. The molecule has 0 radical (unpaired) electrons. The highest BCUT2D eigenvalue weighted by Crippen LogP contribution is 2.33. The standard InChI is InChI=1S/C21H30N4O2S/c1-15-10-11-16(2)18(13-15)27-14-20(26)22-12-6-9-19-23-24-21(28-3)25(19)17-7-4-5-8-17/h10-11,13,17H,4-9,12,14H2,1-3H3,(H,22,26). The van der Waals surface area contributed by atoms with Crippen LogP contribution >= 0.6 is 11.8 Å². The fourth-order valence-corrected chi connectivity index (χ4v) is 4.25. The number of rotatable bonds is 9. The molecule has 2 aromatic rings. The van der Waals surface area contributed by atoms with E-state index in [1.165, 1.54) is 25.7 Å². The molecule has 1 aliphatic rings. The summed E-state index contributed by atoms with van der Waals surface area (Å²) >= 11 is 1.66. The zero-order chi connectivity index (χ0) is 19.9. The lowest BCUT2D eigenvalue weighted by atomic mass is 10.1. The average Bonchev–Trinajstić information content (AvgIpc) is 3.35. The van der Waals surface area contributed by atoms with Crippen LogP contribution in [0.5, 0.6) is 5.75 Å². The zero-order valence-electron chi connectivity index (χ0n) is 17.0. The Morgan fingerprint density at radius 1 is 1.29 bits per heavy atom. The van der Waals surface area contributed by atoms with Crippen molar-refractivity contribution in [1.29, 1.82) is 0 Å². The third-order valence-electron chi connectivity index (χ3n) is 5.21. The van der Waals surface area contributed by atoms with Gasteiger partial charge >= 0.3 is 0 Å². The first-order chi connectivity index (χ1) is 13.6. The van der Waals surface area contributed by atoms with Crippen LogP contribution in [0.15, 0.2) is 23.4 Å². The van der Waals surface area contributed by atoms with E-state index in [0.717, 1.165) is 40.7 Å². The average molecular weight is 403 g/mol. The number of nitrogens with one attached hydrogen (secondary N) is 1. The van der Waals surface area contributed by atoms with Crippen LogP contribution in [0.2, 0.25) is 0 Å². The number of benzene rings is 1. The number of nitrogens with zero attached hydrogens (tertiary/aromatic N) is 3. The summed E-state index contributed by atoms with van der Waals surface area (Å²) in [6, 6.07) is 6.54. The first kappa shape index (κ1) is 20.7. The van der Waals surface area contributed by atoms with Gasteiger partial charge in [0.2, 0.25) is 0 Å². The lowest BCUT2D eigenvalue weighted by molar-refractivity contribution is -0.123. The molecule has 1 saturated carbocycles. The lowest BCUT2D eigenvalue weighted by Gasteiger charge is -2.16. The summed E-state index contributed by atoms with van der Waals surface area (Å²) in [6.07, 6.45) is 8.71. The van der Waals surface area contributed by atoms with Gasteiger partial charge in [-0.2, -0.15) is 0 Å². The molecule has 1 heterocycles. The van der Waals surface area contributed by atoms with Crippen molar-refractivity contribution in [2.24, 2.45) is 0 Å². The normalized spacial score (nSPS) is 14.4. The van der Waals surface area contributed by atoms with Crippen molar-refractivity contribution in [3.8, 4) is 5.75 Å². The van der Waals surface area contributed by atoms with E-state index in [-0.39, 0.29) is 12.5 Å². The molecule has 3 rings (SSSR count). The molecule has 0 spiro atoms. The number of aromatic nitrogens is 3. The Morgan fingerprint density at radius 2 is 2.07 bits per heavy atom. The van der Waals surface area contributed by atoms with Gasteiger partial charge in [0.05, 0.1) is 0 Å². The van der Waals surface area contributed by atoms with Gasteiger partial charge in [-0.3, -0.25) is 4.79 Å². The first-order valence-corrected chi connectivity index (χ1v) is 11.3. The van der Waals surface area contributed by atoms with Crippen LogP contribution in [0.4, 0.5) is 0 Å². The number of amides is 1. The Balaban J connectivity index is 1.44. The summed E-state index contributed by atoms with van der Waals surface area (Å²) < 4.78 is 7.98. The highest BCUT2D eigenvalue weighted by Gasteiger charge is 2.23. The summed E-state index contributed by atoms with van der Waals surface area (Å²) in [5.74, 6) is 1.71. The molecule has 152 valence electrons. The van der Waals surface area contributed by atoms with E-state index in [1.807, 2.05) is 32.0 Å². The summed E-state index contributed by atoms with van der Waals surface area (Å²) in [7, 11) is 0. The molecule has 1 aromatic carbocycles. The number of hydrogen-bond donors (Lipinski definition) is 1. The molecular weight excluding hydrogens is 372 g/mol. The zero-order valence-corrected chi connectivity index (χ0v) is 17.8. The smallest absolute Gasteiger partial charge is 0.257 e. The number of hydrogen-bond acceptors (Lipinski definition) is 5. The molecule has 1 amide bonds. The minimum Gasteiger partial charge on any atom is -0.483 e. The molecular formula is C21H30N4O2S. The predicted molar refractivity (Wildman–Crippen MR) is 112 cm³/mol. The Hall–Kier alpha value is -2.02. The van der Waals surface area contributed by atoms with Crippen LogP contribution in [-0.4, -0.2) is 40.1 Å². The fraction of sp³-hybridized carbons (Fsp3) is 0.571. The van der Waals surface area contributed by atoms with Crippen molar-refractivity contribution >= 4 is 17.7 Å². The van der Waals surface area contributed by atoms with Crippen LogP contribution in [0.25, 0.3) is 0 Å². The maximum atomic E-state index is 12.1. The maximum Gasteiger partial charge on any atom is 0.257 e. The quantitative estimate of drug-likeness (QED) is 0.509. The molecule has 0 unspecified atom stereocenters. The van der Waals surface area contributed by atoms with E-state index in [9.17, 15) is 4.79 Å². The number of carbonyl (C=O) groups excluding carboxylic acids is 1. The fourth-order valence-electron chi connectivity index (χ4n) is 3.68. The Bertz CT molecular complexity index is 800. The largest absolute Gasteiger partial charge is 0.483 e. The van der Waals surface area contributed by atoms with Crippen LogP contribution in [0.3, 0.4) is 0 Å². The molecule has 7 heteroatoms. The van der Waals surface area contributed by atoms with Crippen molar-refractivity contribution in [2.75, 3.05) is 19.4 Å². The van der Waals surface area contributed by atoms with Gasteiger partial charge in [0, 0.05) is 19.0 Å². The summed E-state index contributed by atoms with van der Waals surface area (Å²) in [5, 5.41) is 12.7. The number of ether oxygens (including phenoxy) is 1. The number of aryl methyl sites for hydroxylation is 3. The second-order valence-electron chi connectivity index (χ2n) is 7.42. The van der Waals surface area contributed by atoms with Crippen LogP contribution in [0, 0.1) is 13.8 Å². The number of thioether (sulfide) groups is 1. The van der Waals surface area contributed by atoms with Crippen molar-refractivity contribution in [2.45, 2.75) is 63.6 Å². The summed E-state index contributed by atoms with van der Waals surface area (Å²) in [6.45, 7) is 4.65. The molecule has 28 heavy (non-hydrogen) atoms. The van der Waals surface area contributed by atoms with E-state index in [0.29, 0.717) is 12.6 Å². The van der Waals surface area contributed by atoms with Crippen molar-refractivity contribution in [1.82, 2.24) is 20.1 Å². The Labute approximate surface area is 171 Å². The number of carbonyl (C=O) groups is 1. The molecule has 0 bridgehead atoms. The second-order valence-corrected chi connectivity index (χ2v) is 8.20. The van der Waals surface area contributed by atoms with E-state index in [1.54, 1.807) is 11.8 Å². The third kappa shape index (κ3) is 5.28. The molecule has 1 fully saturated rings. The van der Waals surface area contributed by atoms with E-state index >= 15 is 0 Å². The molecule has 1 aromatic heterocycles. The van der Waals surface area contributed by atoms with Crippen molar-refractivity contribution in [3.63, 3.8) is 0 Å². The highest BCUT2D eigenvalue weighted by molar-refractivity contribution is 7.98.